The van der Waals surface area contributed by atoms with Gasteiger partial charge in [-0.25, -0.2) is 17.9 Å². The number of sulfonamides is 1. The van der Waals surface area contributed by atoms with Crippen LogP contribution in [0.2, 0.25) is 5.02 Å². The maximum atomic E-state index is 12.8. The van der Waals surface area contributed by atoms with E-state index in [2.05, 4.69) is 11.6 Å². The Bertz CT molecular complexity index is 1220. The first-order valence-corrected chi connectivity index (χ1v) is 11.9. The number of methoxy groups -OCH3 is 1. The zero-order valence-corrected chi connectivity index (χ0v) is 19.3. The Balaban J connectivity index is 2.10. The lowest BCUT2D eigenvalue weighted by molar-refractivity contribution is 0.0696. The van der Waals surface area contributed by atoms with Gasteiger partial charge in [-0.2, -0.15) is 0 Å². The van der Waals surface area contributed by atoms with E-state index in [0.717, 1.165) is 24.0 Å². The highest BCUT2D eigenvalue weighted by Gasteiger charge is 2.21. The molecule has 0 heterocycles. The van der Waals surface area contributed by atoms with Gasteiger partial charge in [-0.1, -0.05) is 49.2 Å². The van der Waals surface area contributed by atoms with E-state index in [1.165, 1.54) is 37.4 Å². The van der Waals surface area contributed by atoms with E-state index in [0.29, 0.717) is 21.9 Å². The highest BCUT2D eigenvalue weighted by atomic mass is 35.5. The molecule has 168 valence electrons. The zero-order chi connectivity index (χ0) is 23.3. The van der Waals surface area contributed by atoms with Gasteiger partial charge in [-0.3, -0.25) is 0 Å². The largest absolute Gasteiger partial charge is 0.496 e. The third-order valence-corrected chi connectivity index (χ3v) is 6.73. The van der Waals surface area contributed by atoms with Crippen molar-refractivity contribution in [1.29, 1.82) is 0 Å². The first-order chi connectivity index (χ1) is 15.3. The first-order valence-electron chi connectivity index (χ1n) is 10.0. The predicted molar refractivity (Wildman–Crippen MR) is 125 cm³/mol. The molecule has 0 saturated heterocycles. The van der Waals surface area contributed by atoms with Gasteiger partial charge in [-0.05, 0) is 59.5 Å². The van der Waals surface area contributed by atoms with E-state index >= 15 is 0 Å². The lowest BCUT2D eigenvalue weighted by atomic mass is 9.91. The first kappa shape index (κ1) is 23.8. The molecule has 0 atom stereocenters. The molecule has 0 saturated carbocycles. The number of rotatable bonds is 9. The molecule has 0 bridgehead atoms. The third-order valence-electron chi connectivity index (χ3n) is 5.07. The molecule has 0 radical (unpaired) electrons. The van der Waals surface area contributed by atoms with Gasteiger partial charge in [0.05, 0.1) is 17.6 Å². The summed E-state index contributed by atoms with van der Waals surface area (Å²) in [6.07, 6.45) is 1.71. The van der Waals surface area contributed by atoms with Crippen LogP contribution in [-0.2, 0) is 23.0 Å². The molecular formula is C24H24ClNO5S. The molecule has 0 spiro atoms. The van der Waals surface area contributed by atoms with Gasteiger partial charge in [0.2, 0.25) is 10.0 Å². The van der Waals surface area contributed by atoms with E-state index in [4.69, 9.17) is 16.3 Å². The van der Waals surface area contributed by atoms with Crippen LogP contribution in [-0.4, -0.2) is 26.6 Å². The van der Waals surface area contributed by atoms with Crippen LogP contribution in [0.5, 0.6) is 5.75 Å². The summed E-state index contributed by atoms with van der Waals surface area (Å²) in [5.74, 6) is -0.796. The van der Waals surface area contributed by atoms with Gasteiger partial charge in [0.1, 0.15) is 5.75 Å². The van der Waals surface area contributed by atoms with E-state index in [1.807, 2.05) is 24.3 Å². The van der Waals surface area contributed by atoms with Crippen LogP contribution in [0.15, 0.2) is 65.6 Å². The van der Waals surface area contributed by atoms with Crippen molar-refractivity contribution in [3.8, 4) is 16.9 Å². The Morgan fingerprint density at radius 3 is 2.38 bits per heavy atom. The molecule has 0 aliphatic heterocycles. The second kappa shape index (κ2) is 10.2. The van der Waals surface area contributed by atoms with Gasteiger partial charge in [0.25, 0.3) is 0 Å². The number of carbonyl (C=O) groups is 1. The highest BCUT2D eigenvalue weighted by molar-refractivity contribution is 7.89. The molecule has 0 fully saturated rings. The minimum atomic E-state index is -3.83. The Labute approximate surface area is 192 Å². The van der Waals surface area contributed by atoms with Crippen molar-refractivity contribution in [2.75, 3.05) is 7.11 Å². The predicted octanol–water partition coefficient (Wildman–Crippen LogP) is 5.14. The van der Waals surface area contributed by atoms with E-state index in [9.17, 15) is 18.3 Å². The van der Waals surface area contributed by atoms with E-state index < -0.39 is 16.0 Å². The molecular weight excluding hydrogens is 450 g/mol. The number of carboxylic acid groups (broad SMARTS) is 1. The second-order valence-electron chi connectivity index (χ2n) is 7.20. The number of aryl methyl sites for hydroxylation is 1. The number of halogens is 1. The summed E-state index contributed by atoms with van der Waals surface area (Å²) in [5, 5.41) is 10.0. The lowest BCUT2D eigenvalue weighted by Crippen LogP contribution is -2.24. The van der Waals surface area contributed by atoms with Crippen molar-refractivity contribution in [3.05, 3.63) is 82.4 Å². The van der Waals surface area contributed by atoms with Crippen molar-refractivity contribution < 1.29 is 23.1 Å². The van der Waals surface area contributed by atoms with Gasteiger partial charge in [-0.15, -0.1) is 0 Å². The minimum Gasteiger partial charge on any atom is -0.496 e. The Morgan fingerprint density at radius 2 is 1.75 bits per heavy atom. The molecule has 3 rings (SSSR count). The minimum absolute atomic E-state index is 0.0625. The summed E-state index contributed by atoms with van der Waals surface area (Å²) in [5.41, 5.74) is 3.12. The van der Waals surface area contributed by atoms with Crippen LogP contribution >= 0.6 is 11.6 Å². The van der Waals surface area contributed by atoms with Crippen LogP contribution in [0.4, 0.5) is 0 Å². The molecule has 6 nitrogen and oxygen atoms in total. The van der Waals surface area contributed by atoms with Crippen LogP contribution in [0.3, 0.4) is 0 Å². The SMILES string of the molecule is CCCc1ccccc1-c1cc(C(=O)O)cc(OC)c1CNS(=O)(=O)c1ccc(Cl)cc1. The number of benzene rings is 3. The lowest BCUT2D eigenvalue weighted by Gasteiger charge is -2.18. The quantitative estimate of drug-likeness (QED) is 0.448. The zero-order valence-electron chi connectivity index (χ0n) is 17.8. The average molecular weight is 474 g/mol. The van der Waals surface area contributed by atoms with Crippen molar-refractivity contribution >= 4 is 27.6 Å². The van der Waals surface area contributed by atoms with Crippen molar-refractivity contribution in [1.82, 2.24) is 4.72 Å². The number of hydrogen-bond donors (Lipinski definition) is 2. The van der Waals surface area contributed by atoms with Crippen molar-refractivity contribution in [3.63, 3.8) is 0 Å². The summed E-state index contributed by atoms with van der Waals surface area (Å²) in [6.45, 7) is 1.98. The number of hydrogen-bond acceptors (Lipinski definition) is 4. The van der Waals surface area contributed by atoms with E-state index in [1.54, 1.807) is 6.07 Å². The maximum Gasteiger partial charge on any atom is 0.335 e. The van der Waals surface area contributed by atoms with Gasteiger partial charge in [0, 0.05) is 17.1 Å². The monoisotopic (exact) mass is 473 g/mol. The fraction of sp³-hybridized carbons (Fsp3) is 0.208. The molecule has 3 aromatic rings. The molecule has 0 unspecified atom stereocenters. The summed E-state index contributed by atoms with van der Waals surface area (Å²) in [4.78, 5) is 11.8. The Hall–Kier alpha value is -2.87. The molecule has 0 aliphatic carbocycles. The molecule has 8 heteroatoms. The average Bonchev–Trinajstić information content (AvgIpc) is 2.78. The van der Waals surface area contributed by atoms with Crippen molar-refractivity contribution in [2.45, 2.75) is 31.2 Å². The van der Waals surface area contributed by atoms with E-state index in [-0.39, 0.29) is 17.0 Å². The summed E-state index contributed by atoms with van der Waals surface area (Å²) in [7, 11) is -2.40. The molecule has 0 aliphatic rings. The standard InChI is InChI=1S/C24H24ClNO5S/c1-3-6-16-7-4-5-8-20(16)21-13-17(24(27)28)14-23(31-2)22(21)15-26-32(29,30)19-11-9-18(25)10-12-19/h4-5,7-14,26H,3,6,15H2,1-2H3,(H,27,28). The smallest absolute Gasteiger partial charge is 0.335 e. The highest BCUT2D eigenvalue weighted by Crippen LogP contribution is 2.35. The van der Waals surface area contributed by atoms with Gasteiger partial charge < -0.3 is 9.84 Å². The summed E-state index contributed by atoms with van der Waals surface area (Å²) in [6, 6.07) is 16.5. The number of ether oxygens (including phenoxy) is 1. The second-order valence-corrected chi connectivity index (χ2v) is 9.40. The van der Waals surface area contributed by atoms with Crippen LogP contribution in [0.25, 0.3) is 11.1 Å². The van der Waals surface area contributed by atoms with Crippen LogP contribution in [0.1, 0.15) is 34.8 Å². The molecule has 0 amide bonds. The van der Waals surface area contributed by atoms with Gasteiger partial charge in [0.15, 0.2) is 0 Å². The number of nitrogens with one attached hydrogen (secondary N) is 1. The summed E-state index contributed by atoms with van der Waals surface area (Å²) < 4.78 is 33.7. The van der Waals surface area contributed by atoms with Crippen LogP contribution in [0, 0.1) is 0 Å². The molecule has 3 aromatic carbocycles. The summed E-state index contributed by atoms with van der Waals surface area (Å²) >= 11 is 5.86. The number of aromatic carboxylic acids is 1. The molecule has 0 aromatic heterocycles. The fourth-order valence-corrected chi connectivity index (χ4v) is 4.63. The van der Waals surface area contributed by atoms with Crippen LogP contribution < -0.4 is 9.46 Å². The normalized spacial score (nSPS) is 11.3. The molecule has 2 N–H and O–H groups in total. The Kier molecular flexibility index (Phi) is 7.56. The topological polar surface area (TPSA) is 92.7 Å². The molecule has 32 heavy (non-hydrogen) atoms. The maximum absolute atomic E-state index is 12.8. The van der Waals surface area contributed by atoms with Gasteiger partial charge >= 0.3 is 5.97 Å². The number of carboxylic acids is 1. The fourth-order valence-electron chi connectivity index (χ4n) is 3.51. The Morgan fingerprint density at radius 1 is 1.06 bits per heavy atom. The van der Waals surface area contributed by atoms with Crippen molar-refractivity contribution in [2.24, 2.45) is 0 Å². The third kappa shape index (κ3) is 5.30.